The molecule has 1 aromatic carbocycles. The van der Waals surface area contributed by atoms with Crippen LogP contribution in [0.25, 0.3) is 0 Å². The van der Waals surface area contributed by atoms with Crippen LogP contribution in [0.3, 0.4) is 0 Å². The van der Waals surface area contributed by atoms with E-state index < -0.39 is 0 Å². The number of ether oxygens (including phenoxy) is 1. The highest BCUT2D eigenvalue weighted by Crippen LogP contribution is 2.32. The summed E-state index contributed by atoms with van der Waals surface area (Å²) in [5.74, 6) is -0.127. The zero-order valence-electron chi connectivity index (χ0n) is 10.3. The number of benzene rings is 1. The van der Waals surface area contributed by atoms with Crippen LogP contribution < -0.4 is 11.1 Å². The third kappa shape index (κ3) is 4.35. The number of aryl methyl sites for hydroxylation is 1. The number of nitrogens with two attached hydrogens (primary N) is 1. The van der Waals surface area contributed by atoms with Crippen molar-refractivity contribution in [2.45, 2.75) is 19.4 Å². The molecule has 1 amide bonds. The molecule has 1 rings (SSSR count). The van der Waals surface area contributed by atoms with Crippen LogP contribution in [-0.4, -0.2) is 25.7 Å². The van der Waals surface area contributed by atoms with Gasteiger partial charge in [0.1, 0.15) is 0 Å². The Labute approximate surface area is 124 Å². The van der Waals surface area contributed by atoms with Crippen LogP contribution in [0.1, 0.15) is 12.0 Å². The lowest BCUT2D eigenvalue weighted by molar-refractivity contribution is -0.118. The molecule has 0 heterocycles. The van der Waals surface area contributed by atoms with E-state index in [0.717, 1.165) is 20.2 Å². The Morgan fingerprint density at radius 2 is 2.00 bits per heavy atom. The van der Waals surface area contributed by atoms with Gasteiger partial charge in [0.15, 0.2) is 0 Å². The summed E-state index contributed by atoms with van der Waals surface area (Å²) in [6, 6.07) is 3.88. The minimum absolute atomic E-state index is 0.127. The van der Waals surface area contributed by atoms with Crippen LogP contribution in [-0.2, 0) is 9.53 Å². The Balaban J connectivity index is 2.76. The highest BCUT2D eigenvalue weighted by molar-refractivity contribution is 9.11. The Hall–Kier alpha value is -0.430. The second-order valence-electron chi connectivity index (χ2n) is 3.95. The number of halogens is 2. The van der Waals surface area contributed by atoms with Crippen molar-refractivity contribution in [3.8, 4) is 0 Å². The van der Waals surface area contributed by atoms with Crippen molar-refractivity contribution in [3.05, 3.63) is 26.6 Å². The predicted molar refractivity (Wildman–Crippen MR) is 79.7 cm³/mol. The molecule has 0 saturated carbocycles. The lowest BCUT2D eigenvalue weighted by Crippen LogP contribution is -2.28. The van der Waals surface area contributed by atoms with E-state index in [1.54, 1.807) is 7.11 Å². The fraction of sp³-hybridized carbons (Fsp3) is 0.417. The molecular weight excluding hydrogens is 364 g/mol. The predicted octanol–water partition coefficient (Wildman–Crippen LogP) is 2.82. The molecule has 0 spiro atoms. The Morgan fingerprint density at radius 1 is 1.44 bits per heavy atom. The Morgan fingerprint density at radius 3 is 2.44 bits per heavy atom. The molecule has 0 fully saturated rings. The van der Waals surface area contributed by atoms with Gasteiger partial charge in [0.2, 0.25) is 5.91 Å². The molecule has 0 aromatic heterocycles. The van der Waals surface area contributed by atoms with E-state index in [9.17, 15) is 4.79 Å². The molecular formula is C12H16Br2N2O2. The summed E-state index contributed by atoms with van der Waals surface area (Å²) in [6.07, 6.45) is -0.0206. The van der Waals surface area contributed by atoms with Gasteiger partial charge in [-0.05, 0) is 56.5 Å². The number of hydrogen-bond donors (Lipinski definition) is 2. The van der Waals surface area contributed by atoms with Crippen molar-refractivity contribution in [2.24, 2.45) is 5.73 Å². The average Bonchev–Trinajstić information content (AvgIpc) is 2.30. The van der Waals surface area contributed by atoms with Gasteiger partial charge in [-0.25, -0.2) is 0 Å². The molecule has 100 valence electrons. The Bertz CT molecular complexity index is 411. The van der Waals surface area contributed by atoms with Gasteiger partial charge in [0.05, 0.1) is 18.2 Å². The zero-order chi connectivity index (χ0) is 13.7. The summed E-state index contributed by atoms with van der Waals surface area (Å²) in [4.78, 5) is 11.8. The van der Waals surface area contributed by atoms with E-state index in [1.165, 1.54) is 0 Å². The molecule has 0 radical (unpaired) electrons. The molecule has 0 aliphatic heterocycles. The third-order valence-corrected chi connectivity index (χ3v) is 3.71. The maximum absolute atomic E-state index is 11.8. The van der Waals surface area contributed by atoms with E-state index in [-0.39, 0.29) is 18.4 Å². The highest BCUT2D eigenvalue weighted by Gasteiger charge is 2.14. The van der Waals surface area contributed by atoms with Crippen LogP contribution >= 0.6 is 31.9 Å². The summed E-state index contributed by atoms with van der Waals surface area (Å²) < 4.78 is 6.75. The SMILES string of the molecule is COC(CN)CC(=O)Nc1c(Br)cc(C)cc1Br. The molecule has 4 nitrogen and oxygen atoms in total. The van der Waals surface area contributed by atoms with Crippen LogP contribution in [0, 0.1) is 6.92 Å². The molecule has 0 aliphatic rings. The highest BCUT2D eigenvalue weighted by atomic mass is 79.9. The number of rotatable bonds is 5. The maximum Gasteiger partial charge on any atom is 0.227 e. The quantitative estimate of drug-likeness (QED) is 0.826. The van der Waals surface area contributed by atoms with Gasteiger partial charge in [-0.1, -0.05) is 0 Å². The first-order chi connectivity index (χ1) is 8.47. The lowest BCUT2D eigenvalue weighted by atomic mass is 10.2. The number of methoxy groups -OCH3 is 1. The molecule has 0 bridgehead atoms. The molecule has 1 aromatic rings. The van der Waals surface area contributed by atoms with Crippen molar-refractivity contribution in [3.63, 3.8) is 0 Å². The van der Waals surface area contributed by atoms with Gasteiger partial charge in [-0.15, -0.1) is 0 Å². The second kappa shape index (κ2) is 7.23. The maximum atomic E-state index is 11.8. The van der Waals surface area contributed by atoms with Crippen molar-refractivity contribution >= 4 is 43.5 Å². The summed E-state index contributed by atoms with van der Waals surface area (Å²) in [5, 5.41) is 2.84. The topological polar surface area (TPSA) is 64.3 Å². The first kappa shape index (κ1) is 15.6. The molecule has 6 heteroatoms. The monoisotopic (exact) mass is 378 g/mol. The van der Waals surface area contributed by atoms with Gasteiger partial charge in [0.25, 0.3) is 0 Å². The van der Waals surface area contributed by atoms with Gasteiger partial charge in [0, 0.05) is 22.6 Å². The molecule has 0 saturated heterocycles. The summed E-state index contributed by atoms with van der Waals surface area (Å²) in [5.41, 5.74) is 7.30. The normalized spacial score (nSPS) is 12.3. The van der Waals surface area contributed by atoms with Crippen molar-refractivity contribution in [1.29, 1.82) is 0 Å². The summed E-state index contributed by atoms with van der Waals surface area (Å²) in [7, 11) is 1.54. The number of anilines is 1. The fourth-order valence-electron chi connectivity index (χ4n) is 1.48. The lowest BCUT2D eigenvalue weighted by Gasteiger charge is -2.14. The Kier molecular flexibility index (Phi) is 6.28. The fourth-order valence-corrected chi connectivity index (χ4v) is 3.09. The van der Waals surface area contributed by atoms with E-state index in [1.807, 2.05) is 19.1 Å². The van der Waals surface area contributed by atoms with Gasteiger partial charge in [-0.2, -0.15) is 0 Å². The average molecular weight is 380 g/mol. The molecule has 1 atom stereocenters. The standard InChI is InChI=1S/C12H16Br2N2O2/c1-7-3-9(13)12(10(14)4-7)16-11(17)5-8(6-15)18-2/h3-4,8H,5-6,15H2,1-2H3,(H,16,17). The molecule has 3 N–H and O–H groups in total. The van der Waals surface area contributed by atoms with E-state index in [0.29, 0.717) is 6.54 Å². The van der Waals surface area contributed by atoms with Crippen LogP contribution in [0.2, 0.25) is 0 Å². The number of hydrogen-bond acceptors (Lipinski definition) is 3. The first-order valence-electron chi connectivity index (χ1n) is 5.46. The van der Waals surface area contributed by atoms with Gasteiger partial charge in [-0.3, -0.25) is 4.79 Å². The second-order valence-corrected chi connectivity index (χ2v) is 5.66. The largest absolute Gasteiger partial charge is 0.380 e. The van der Waals surface area contributed by atoms with Crippen LogP contribution in [0.5, 0.6) is 0 Å². The first-order valence-corrected chi connectivity index (χ1v) is 7.05. The summed E-state index contributed by atoms with van der Waals surface area (Å²) in [6.45, 7) is 2.30. The van der Waals surface area contributed by atoms with E-state index in [4.69, 9.17) is 10.5 Å². The van der Waals surface area contributed by atoms with Gasteiger partial charge >= 0.3 is 0 Å². The third-order valence-electron chi connectivity index (χ3n) is 2.46. The van der Waals surface area contributed by atoms with E-state index in [2.05, 4.69) is 37.2 Å². The number of carbonyl (C=O) groups excluding carboxylic acids is 1. The minimum atomic E-state index is -0.256. The number of amides is 1. The molecule has 18 heavy (non-hydrogen) atoms. The number of nitrogens with one attached hydrogen (secondary N) is 1. The van der Waals surface area contributed by atoms with Crippen molar-refractivity contribution < 1.29 is 9.53 Å². The number of carbonyl (C=O) groups is 1. The summed E-state index contributed by atoms with van der Waals surface area (Å²) >= 11 is 6.85. The van der Waals surface area contributed by atoms with Crippen LogP contribution in [0.4, 0.5) is 5.69 Å². The molecule has 0 aliphatic carbocycles. The van der Waals surface area contributed by atoms with Crippen molar-refractivity contribution in [2.75, 3.05) is 19.0 Å². The van der Waals surface area contributed by atoms with E-state index >= 15 is 0 Å². The zero-order valence-corrected chi connectivity index (χ0v) is 13.5. The van der Waals surface area contributed by atoms with Gasteiger partial charge < -0.3 is 15.8 Å². The minimum Gasteiger partial charge on any atom is -0.380 e. The van der Waals surface area contributed by atoms with Crippen molar-refractivity contribution in [1.82, 2.24) is 0 Å². The van der Waals surface area contributed by atoms with Crippen LogP contribution in [0.15, 0.2) is 21.1 Å². The molecule has 1 unspecified atom stereocenters. The smallest absolute Gasteiger partial charge is 0.227 e.